The van der Waals surface area contributed by atoms with E-state index in [0.29, 0.717) is 6.54 Å². The molecule has 0 radical (unpaired) electrons. The maximum absolute atomic E-state index is 11.7. The molecule has 7 heteroatoms. The lowest BCUT2D eigenvalue weighted by molar-refractivity contribution is -0.125. The molecular weight excluding hydrogens is 301 g/mol. The van der Waals surface area contributed by atoms with Gasteiger partial charge in [-0.1, -0.05) is 6.92 Å². The Labute approximate surface area is 134 Å². The minimum atomic E-state index is -0.133. The van der Waals surface area contributed by atoms with Gasteiger partial charge in [0.15, 0.2) is 0 Å². The maximum atomic E-state index is 11.7. The summed E-state index contributed by atoms with van der Waals surface area (Å²) in [5.41, 5.74) is 5.62. The van der Waals surface area contributed by atoms with Crippen molar-refractivity contribution in [2.75, 3.05) is 32.8 Å². The van der Waals surface area contributed by atoms with Crippen LogP contribution in [0.5, 0.6) is 0 Å². The number of carbonyl (C=O) groups excluding carboxylic acids is 1. The van der Waals surface area contributed by atoms with E-state index in [1.807, 2.05) is 13.8 Å². The third-order valence-electron chi connectivity index (χ3n) is 3.43. The Bertz CT molecular complexity index is 289. The predicted octanol–water partition coefficient (Wildman–Crippen LogP) is 1.04. The number of halogens is 2. The van der Waals surface area contributed by atoms with E-state index in [1.54, 1.807) is 0 Å². The Morgan fingerprint density at radius 3 is 2.50 bits per heavy atom. The van der Waals surface area contributed by atoms with Gasteiger partial charge in [-0.05, 0) is 20.8 Å². The van der Waals surface area contributed by atoms with Crippen molar-refractivity contribution in [3.63, 3.8) is 0 Å². The standard InChI is InChI=1S/C13H27N3O2.2ClH/c1-10(11(2)14)12(17)15-5-6-16-7-8-18-13(3,4)9-16;;/h10-11H,5-9,14H2,1-4H3,(H,15,17);2*1H. The molecule has 1 aliphatic rings. The van der Waals surface area contributed by atoms with Gasteiger partial charge in [0.25, 0.3) is 0 Å². The molecule has 0 spiro atoms. The quantitative estimate of drug-likeness (QED) is 0.790. The van der Waals surface area contributed by atoms with Crippen LogP contribution in [0.2, 0.25) is 0 Å². The summed E-state index contributed by atoms with van der Waals surface area (Å²) in [6, 6.07) is -0.104. The van der Waals surface area contributed by atoms with Crippen LogP contribution in [-0.4, -0.2) is 55.2 Å². The van der Waals surface area contributed by atoms with Crippen LogP contribution in [0.3, 0.4) is 0 Å². The summed E-state index contributed by atoms with van der Waals surface area (Å²) >= 11 is 0. The van der Waals surface area contributed by atoms with Gasteiger partial charge in [-0.15, -0.1) is 24.8 Å². The molecule has 0 aromatic rings. The SMILES string of the molecule is CC(N)C(C)C(=O)NCCN1CCOC(C)(C)C1.Cl.Cl. The molecule has 0 aromatic heterocycles. The van der Waals surface area contributed by atoms with Gasteiger partial charge in [0.05, 0.1) is 12.2 Å². The fourth-order valence-electron chi connectivity index (χ4n) is 2.04. The number of nitrogens with one attached hydrogen (secondary N) is 1. The van der Waals surface area contributed by atoms with Gasteiger partial charge in [-0.3, -0.25) is 9.69 Å². The maximum Gasteiger partial charge on any atom is 0.224 e. The third kappa shape index (κ3) is 7.64. The lowest BCUT2D eigenvalue weighted by Crippen LogP contribution is -2.50. The summed E-state index contributed by atoms with van der Waals surface area (Å²) < 4.78 is 5.65. The van der Waals surface area contributed by atoms with E-state index >= 15 is 0 Å². The van der Waals surface area contributed by atoms with E-state index in [9.17, 15) is 4.79 Å². The second kappa shape index (κ2) is 9.79. The number of amides is 1. The van der Waals surface area contributed by atoms with Crippen LogP contribution in [0.4, 0.5) is 0 Å². The van der Waals surface area contributed by atoms with Gasteiger partial charge in [-0.2, -0.15) is 0 Å². The first kappa shape index (κ1) is 22.2. The van der Waals surface area contributed by atoms with E-state index in [2.05, 4.69) is 24.1 Å². The monoisotopic (exact) mass is 329 g/mol. The zero-order valence-corrected chi connectivity index (χ0v) is 14.5. The van der Waals surface area contributed by atoms with Gasteiger partial charge < -0.3 is 15.8 Å². The van der Waals surface area contributed by atoms with Gasteiger partial charge >= 0.3 is 0 Å². The number of ether oxygens (including phenoxy) is 1. The zero-order chi connectivity index (χ0) is 13.8. The average Bonchev–Trinajstić information content (AvgIpc) is 2.26. The van der Waals surface area contributed by atoms with Gasteiger partial charge in [0.2, 0.25) is 5.91 Å². The molecule has 1 rings (SSSR count). The molecule has 0 saturated carbocycles. The molecule has 0 aromatic carbocycles. The number of rotatable bonds is 5. The van der Waals surface area contributed by atoms with E-state index in [4.69, 9.17) is 10.5 Å². The van der Waals surface area contributed by atoms with Gasteiger partial charge in [-0.25, -0.2) is 0 Å². The molecule has 0 bridgehead atoms. The van der Waals surface area contributed by atoms with Crippen LogP contribution in [0.1, 0.15) is 27.7 Å². The molecule has 1 heterocycles. The normalized spacial score (nSPS) is 21.1. The predicted molar refractivity (Wildman–Crippen MR) is 86.8 cm³/mol. The third-order valence-corrected chi connectivity index (χ3v) is 3.43. The summed E-state index contributed by atoms with van der Waals surface area (Å²) in [5, 5.41) is 2.94. The Morgan fingerprint density at radius 2 is 2.00 bits per heavy atom. The molecule has 5 nitrogen and oxygen atoms in total. The lowest BCUT2D eigenvalue weighted by atomic mass is 10.0. The summed E-state index contributed by atoms with van der Waals surface area (Å²) in [6.07, 6.45) is 0. The van der Waals surface area contributed by atoms with Crippen molar-refractivity contribution < 1.29 is 9.53 Å². The number of morpholine rings is 1. The van der Waals surface area contributed by atoms with Crippen molar-refractivity contribution in [3.05, 3.63) is 0 Å². The van der Waals surface area contributed by atoms with Gasteiger partial charge in [0, 0.05) is 38.1 Å². The van der Waals surface area contributed by atoms with Crippen LogP contribution < -0.4 is 11.1 Å². The number of nitrogens with zero attached hydrogens (tertiary/aromatic N) is 1. The molecular formula is C13H29Cl2N3O2. The Kier molecular flexibility index (Phi) is 10.9. The molecule has 1 fully saturated rings. The van der Waals surface area contributed by atoms with Crippen molar-refractivity contribution in [1.82, 2.24) is 10.2 Å². The van der Waals surface area contributed by atoms with Gasteiger partial charge in [0.1, 0.15) is 0 Å². The minimum absolute atomic E-state index is 0. The Balaban J connectivity index is 0. The highest BCUT2D eigenvalue weighted by atomic mass is 35.5. The van der Waals surface area contributed by atoms with Crippen LogP contribution in [0.15, 0.2) is 0 Å². The highest BCUT2D eigenvalue weighted by molar-refractivity contribution is 5.85. The van der Waals surface area contributed by atoms with Crippen LogP contribution >= 0.6 is 24.8 Å². The number of nitrogens with two attached hydrogens (primary N) is 1. The van der Waals surface area contributed by atoms with Crippen molar-refractivity contribution in [1.29, 1.82) is 0 Å². The fraction of sp³-hybridized carbons (Fsp3) is 0.923. The largest absolute Gasteiger partial charge is 0.373 e. The Morgan fingerprint density at radius 1 is 1.40 bits per heavy atom. The van der Waals surface area contributed by atoms with E-state index in [0.717, 1.165) is 26.2 Å². The van der Waals surface area contributed by atoms with E-state index in [1.165, 1.54) is 0 Å². The first-order chi connectivity index (χ1) is 8.32. The summed E-state index contributed by atoms with van der Waals surface area (Å²) in [4.78, 5) is 14.0. The fourth-order valence-corrected chi connectivity index (χ4v) is 2.04. The summed E-state index contributed by atoms with van der Waals surface area (Å²) in [7, 11) is 0. The summed E-state index contributed by atoms with van der Waals surface area (Å²) in [6.45, 7) is 12.0. The molecule has 122 valence electrons. The molecule has 3 N–H and O–H groups in total. The molecule has 1 amide bonds. The van der Waals surface area contributed by atoms with Crippen molar-refractivity contribution in [2.45, 2.75) is 39.3 Å². The Hall–Kier alpha value is -0.0700. The van der Waals surface area contributed by atoms with Crippen LogP contribution in [-0.2, 0) is 9.53 Å². The molecule has 2 atom stereocenters. The van der Waals surface area contributed by atoms with E-state index in [-0.39, 0.29) is 48.3 Å². The van der Waals surface area contributed by atoms with Crippen molar-refractivity contribution in [3.8, 4) is 0 Å². The molecule has 0 aliphatic carbocycles. The lowest BCUT2D eigenvalue weighted by Gasteiger charge is -2.38. The average molecular weight is 330 g/mol. The number of carbonyl (C=O) groups is 1. The first-order valence-corrected chi connectivity index (χ1v) is 6.71. The summed E-state index contributed by atoms with van der Waals surface area (Å²) in [5.74, 6) is -0.0938. The van der Waals surface area contributed by atoms with E-state index < -0.39 is 0 Å². The van der Waals surface area contributed by atoms with Crippen molar-refractivity contribution in [2.24, 2.45) is 11.7 Å². The highest BCUT2D eigenvalue weighted by Gasteiger charge is 2.26. The molecule has 20 heavy (non-hydrogen) atoms. The van der Waals surface area contributed by atoms with Crippen LogP contribution in [0, 0.1) is 5.92 Å². The molecule has 1 aliphatic heterocycles. The zero-order valence-electron chi connectivity index (χ0n) is 12.8. The second-order valence-corrected chi connectivity index (χ2v) is 5.82. The minimum Gasteiger partial charge on any atom is -0.373 e. The topological polar surface area (TPSA) is 67.6 Å². The van der Waals surface area contributed by atoms with Crippen molar-refractivity contribution >= 4 is 30.7 Å². The smallest absolute Gasteiger partial charge is 0.224 e. The molecule has 1 saturated heterocycles. The number of hydrogen-bond donors (Lipinski definition) is 2. The molecule has 2 unspecified atom stereocenters. The first-order valence-electron chi connectivity index (χ1n) is 6.71. The second-order valence-electron chi connectivity index (χ2n) is 5.82. The van der Waals surface area contributed by atoms with Crippen LogP contribution in [0.25, 0.3) is 0 Å². The highest BCUT2D eigenvalue weighted by Crippen LogP contribution is 2.15. The number of hydrogen-bond acceptors (Lipinski definition) is 4.